The molecule has 0 spiro atoms. The number of hydrogen-bond acceptors (Lipinski definition) is 6. The van der Waals surface area contributed by atoms with Gasteiger partial charge in [0.2, 0.25) is 5.91 Å². The fourth-order valence-corrected chi connectivity index (χ4v) is 5.50. The molecule has 182 valence electrons. The van der Waals surface area contributed by atoms with Crippen molar-refractivity contribution < 1.29 is 9.53 Å². The Labute approximate surface area is 203 Å². The number of nitrogens with one attached hydrogen (secondary N) is 1. The van der Waals surface area contributed by atoms with Crippen molar-refractivity contribution in [2.75, 3.05) is 48.5 Å². The van der Waals surface area contributed by atoms with E-state index >= 15 is 0 Å². The van der Waals surface area contributed by atoms with Crippen molar-refractivity contribution in [3.05, 3.63) is 42.1 Å². The smallest absolute Gasteiger partial charge is 0.230 e. The van der Waals surface area contributed by atoms with Crippen molar-refractivity contribution in [3.63, 3.8) is 0 Å². The van der Waals surface area contributed by atoms with E-state index in [9.17, 15) is 4.79 Å². The van der Waals surface area contributed by atoms with E-state index < -0.39 is 0 Å². The SMILES string of the molecule is CC(C)N(C)C1CCC(C(=O)N2Cc3cccnc3Nc3ccc(N4CCOCC4)cc32)CC1. The standard InChI is InChI=1S/C27H37N5O2/c1-19(2)30(3)22-8-6-20(7-9-22)27(33)32-18-21-5-4-12-28-26(21)29-24-11-10-23(17-25(24)32)31-13-15-34-16-14-31/h4-5,10-12,17,19-20,22H,6-9,13-16,18H2,1-3H3,(H,28,29). The Morgan fingerprint density at radius 1 is 1.15 bits per heavy atom. The summed E-state index contributed by atoms with van der Waals surface area (Å²) in [5, 5.41) is 3.50. The molecule has 7 nitrogen and oxygen atoms in total. The summed E-state index contributed by atoms with van der Waals surface area (Å²) in [6.45, 7) is 8.25. The molecule has 1 saturated heterocycles. The lowest BCUT2D eigenvalue weighted by Gasteiger charge is -2.38. The first-order valence-corrected chi connectivity index (χ1v) is 12.7. The highest BCUT2D eigenvalue weighted by atomic mass is 16.5. The predicted molar refractivity (Wildman–Crippen MR) is 137 cm³/mol. The monoisotopic (exact) mass is 463 g/mol. The van der Waals surface area contributed by atoms with Crippen LogP contribution in [0.4, 0.5) is 22.9 Å². The molecule has 0 radical (unpaired) electrons. The van der Waals surface area contributed by atoms with Gasteiger partial charge in [-0.1, -0.05) is 6.07 Å². The normalized spacial score (nSPS) is 22.7. The summed E-state index contributed by atoms with van der Waals surface area (Å²) < 4.78 is 5.54. The van der Waals surface area contributed by atoms with Crippen LogP contribution in [-0.2, 0) is 16.1 Å². The number of amides is 1. The lowest BCUT2D eigenvalue weighted by Crippen LogP contribution is -2.43. The van der Waals surface area contributed by atoms with Gasteiger partial charge in [0.1, 0.15) is 5.82 Å². The van der Waals surface area contributed by atoms with Gasteiger partial charge in [-0.05, 0) is 70.8 Å². The lowest BCUT2D eigenvalue weighted by molar-refractivity contribution is -0.123. The van der Waals surface area contributed by atoms with Gasteiger partial charge >= 0.3 is 0 Å². The summed E-state index contributed by atoms with van der Waals surface area (Å²) in [5.41, 5.74) is 4.08. The number of aromatic nitrogens is 1. The summed E-state index contributed by atoms with van der Waals surface area (Å²) in [6.07, 6.45) is 5.86. The molecule has 1 amide bonds. The van der Waals surface area contributed by atoms with E-state index in [1.54, 1.807) is 6.20 Å². The van der Waals surface area contributed by atoms with Crippen LogP contribution in [-0.4, -0.2) is 61.2 Å². The van der Waals surface area contributed by atoms with Gasteiger partial charge in [-0.2, -0.15) is 0 Å². The molecule has 0 bridgehead atoms. The Kier molecular flexibility index (Phi) is 6.75. The fraction of sp³-hybridized carbons (Fsp3) is 0.556. The van der Waals surface area contributed by atoms with Crippen LogP contribution in [0.15, 0.2) is 36.5 Å². The third-order valence-electron chi connectivity index (χ3n) is 7.82. The molecule has 1 aliphatic carbocycles. The minimum absolute atomic E-state index is 0.0647. The van der Waals surface area contributed by atoms with Crippen LogP contribution in [0.1, 0.15) is 45.1 Å². The molecule has 2 fully saturated rings. The highest BCUT2D eigenvalue weighted by Crippen LogP contribution is 2.40. The zero-order valence-electron chi connectivity index (χ0n) is 20.7. The molecule has 2 aromatic rings. The van der Waals surface area contributed by atoms with Crippen LogP contribution in [0.25, 0.3) is 0 Å². The van der Waals surface area contributed by atoms with E-state index in [1.165, 1.54) is 0 Å². The van der Waals surface area contributed by atoms with E-state index in [0.29, 0.717) is 18.6 Å². The molecule has 1 aromatic carbocycles. The zero-order chi connectivity index (χ0) is 23.7. The average molecular weight is 464 g/mol. The van der Waals surface area contributed by atoms with Gasteiger partial charge in [0.15, 0.2) is 0 Å². The lowest BCUT2D eigenvalue weighted by atomic mass is 9.84. The van der Waals surface area contributed by atoms with Crippen molar-refractivity contribution in [1.82, 2.24) is 9.88 Å². The second kappa shape index (κ2) is 9.92. The number of morpholine rings is 1. The Bertz CT molecular complexity index is 1010. The fourth-order valence-electron chi connectivity index (χ4n) is 5.50. The number of nitrogens with zero attached hydrogens (tertiary/aromatic N) is 4. The highest BCUT2D eigenvalue weighted by Gasteiger charge is 2.34. The molecule has 7 heteroatoms. The molecule has 5 rings (SSSR count). The number of benzene rings is 1. The summed E-state index contributed by atoms with van der Waals surface area (Å²) in [7, 11) is 2.21. The first kappa shape index (κ1) is 23.1. The van der Waals surface area contributed by atoms with Crippen LogP contribution in [0.5, 0.6) is 0 Å². The molecular weight excluding hydrogens is 426 g/mol. The molecule has 2 aliphatic heterocycles. The number of fused-ring (bicyclic) bond motifs is 2. The largest absolute Gasteiger partial charge is 0.378 e. The molecule has 0 atom stereocenters. The number of hydrogen-bond donors (Lipinski definition) is 1. The topological polar surface area (TPSA) is 60.9 Å². The van der Waals surface area contributed by atoms with E-state index in [4.69, 9.17) is 4.74 Å². The third-order valence-corrected chi connectivity index (χ3v) is 7.82. The minimum Gasteiger partial charge on any atom is -0.378 e. The van der Waals surface area contributed by atoms with Gasteiger partial charge in [0.05, 0.1) is 31.1 Å². The molecule has 1 saturated carbocycles. The van der Waals surface area contributed by atoms with Crippen molar-refractivity contribution in [1.29, 1.82) is 0 Å². The van der Waals surface area contributed by atoms with Gasteiger partial charge in [-0.25, -0.2) is 4.98 Å². The van der Waals surface area contributed by atoms with Crippen molar-refractivity contribution in [2.45, 2.75) is 58.2 Å². The second-order valence-corrected chi connectivity index (χ2v) is 10.1. The van der Waals surface area contributed by atoms with E-state index in [1.807, 2.05) is 11.0 Å². The quantitative estimate of drug-likeness (QED) is 0.725. The maximum absolute atomic E-state index is 14.0. The zero-order valence-corrected chi connectivity index (χ0v) is 20.7. The van der Waals surface area contributed by atoms with Gasteiger partial charge in [0, 0.05) is 48.5 Å². The molecule has 34 heavy (non-hydrogen) atoms. The van der Waals surface area contributed by atoms with Crippen LogP contribution >= 0.6 is 0 Å². The number of rotatable bonds is 4. The number of carbonyl (C=O) groups excluding carboxylic acids is 1. The number of anilines is 4. The summed E-state index contributed by atoms with van der Waals surface area (Å²) in [6, 6.07) is 11.5. The Morgan fingerprint density at radius 2 is 1.91 bits per heavy atom. The first-order chi connectivity index (χ1) is 16.5. The van der Waals surface area contributed by atoms with E-state index in [2.05, 4.69) is 65.3 Å². The summed E-state index contributed by atoms with van der Waals surface area (Å²) >= 11 is 0. The Morgan fingerprint density at radius 3 is 2.65 bits per heavy atom. The molecule has 3 aliphatic rings. The predicted octanol–water partition coefficient (Wildman–Crippen LogP) is 4.41. The van der Waals surface area contributed by atoms with Crippen LogP contribution in [0.3, 0.4) is 0 Å². The molecule has 1 aromatic heterocycles. The second-order valence-electron chi connectivity index (χ2n) is 10.1. The maximum Gasteiger partial charge on any atom is 0.230 e. The number of pyridine rings is 1. The van der Waals surface area contributed by atoms with Gasteiger partial charge in [-0.15, -0.1) is 0 Å². The van der Waals surface area contributed by atoms with Crippen molar-refractivity contribution in [3.8, 4) is 0 Å². The molecular formula is C27H37N5O2. The van der Waals surface area contributed by atoms with Gasteiger partial charge in [-0.3, -0.25) is 4.79 Å². The van der Waals surface area contributed by atoms with E-state index in [-0.39, 0.29) is 11.8 Å². The number of ether oxygens (including phenoxy) is 1. The van der Waals surface area contributed by atoms with Crippen LogP contribution < -0.4 is 15.1 Å². The van der Waals surface area contributed by atoms with E-state index in [0.717, 1.165) is 80.4 Å². The van der Waals surface area contributed by atoms with Crippen molar-refractivity contribution >= 4 is 28.8 Å². The number of carbonyl (C=O) groups is 1. The van der Waals surface area contributed by atoms with Crippen LogP contribution in [0.2, 0.25) is 0 Å². The van der Waals surface area contributed by atoms with Crippen molar-refractivity contribution in [2.24, 2.45) is 5.92 Å². The van der Waals surface area contributed by atoms with Crippen LogP contribution in [0, 0.1) is 5.92 Å². The summed E-state index contributed by atoms with van der Waals surface area (Å²) in [4.78, 5) is 25.4. The third kappa shape index (κ3) is 4.64. The molecule has 1 N–H and O–H groups in total. The van der Waals surface area contributed by atoms with Gasteiger partial charge in [0.25, 0.3) is 0 Å². The first-order valence-electron chi connectivity index (χ1n) is 12.7. The maximum atomic E-state index is 14.0. The average Bonchev–Trinajstić information content (AvgIpc) is 3.04. The summed E-state index contributed by atoms with van der Waals surface area (Å²) in [5.74, 6) is 1.14. The Balaban J connectivity index is 1.43. The van der Waals surface area contributed by atoms with Gasteiger partial charge < -0.3 is 24.8 Å². The highest BCUT2D eigenvalue weighted by molar-refractivity contribution is 6.00. The Hall–Kier alpha value is -2.64. The molecule has 3 heterocycles. The minimum atomic E-state index is 0.0647. The molecule has 0 unspecified atom stereocenters.